The van der Waals surface area contributed by atoms with Gasteiger partial charge in [-0.2, -0.15) is 17.4 Å². The first-order valence-electron chi connectivity index (χ1n) is 7.06. The smallest absolute Gasteiger partial charge is 0.279 e. The summed E-state index contributed by atoms with van der Waals surface area (Å²) in [6.07, 6.45) is 0.148. The van der Waals surface area contributed by atoms with Crippen LogP contribution >= 0.6 is 0 Å². The van der Waals surface area contributed by atoms with Crippen LogP contribution < -0.4 is 9.46 Å². The van der Waals surface area contributed by atoms with E-state index in [1.165, 1.54) is 14.1 Å². The first-order valence-corrected chi connectivity index (χ1v) is 8.50. The maximum atomic E-state index is 12.0. The predicted molar refractivity (Wildman–Crippen MR) is 81.7 cm³/mol. The largest absolute Gasteiger partial charge is 0.486 e. The van der Waals surface area contributed by atoms with Gasteiger partial charge in [0, 0.05) is 20.7 Å². The summed E-state index contributed by atoms with van der Waals surface area (Å²) in [5.41, 5.74) is 0.789. The molecule has 0 aromatic heterocycles. The van der Waals surface area contributed by atoms with Crippen LogP contribution in [-0.4, -0.2) is 57.3 Å². The minimum Gasteiger partial charge on any atom is -0.486 e. The summed E-state index contributed by atoms with van der Waals surface area (Å²) in [6, 6.07) is 6.67. The number of hydrogen-bond acceptors (Lipinski definition) is 5. The van der Waals surface area contributed by atoms with E-state index in [4.69, 9.17) is 14.6 Å². The van der Waals surface area contributed by atoms with Gasteiger partial charge in [0.25, 0.3) is 10.2 Å². The fourth-order valence-electron chi connectivity index (χ4n) is 2.11. The van der Waals surface area contributed by atoms with E-state index in [1.54, 1.807) is 24.3 Å². The van der Waals surface area contributed by atoms with Gasteiger partial charge in [0.05, 0.1) is 19.3 Å². The molecule has 1 saturated heterocycles. The predicted octanol–water partition coefficient (Wildman–Crippen LogP) is 0.111. The Hall–Kier alpha value is -1.19. The molecule has 0 radical (unpaired) electrons. The van der Waals surface area contributed by atoms with E-state index < -0.39 is 16.3 Å². The number of rotatable bonds is 6. The lowest BCUT2D eigenvalue weighted by Gasteiger charge is -2.32. The Morgan fingerprint density at radius 1 is 1.36 bits per heavy atom. The number of ether oxygens (including phenoxy) is 2. The molecule has 1 aliphatic heterocycles. The van der Waals surface area contributed by atoms with Crippen molar-refractivity contribution in [1.29, 1.82) is 0 Å². The molecule has 0 saturated carbocycles. The Morgan fingerprint density at radius 2 is 2.05 bits per heavy atom. The quantitative estimate of drug-likeness (QED) is 0.773. The van der Waals surface area contributed by atoms with Crippen LogP contribution in [0.4, 0.5) is 0 Å². The minimum absolute atomic E-state index is 0.0297. The molecule has 1 heterocycles. The summed E-state index contributed by atoms with van der Waals surface area (Å²) >= 11 is 0. The van der Waals surface area contributed by atoms with Crippen molar-refractivity contribution < 1.29 is 23.0 Å². The number of nitrogens with one attached hydrogen (secondary N) is 1. The summed E-state index contributed by atoms with van der Waals surface area (Å²) in [5, 5.41) is 9.03. The molecule has 0 unspecified atom stereocenters. The summed E-state index contributed by atoms with van der Waals surface area (Å²) in [5.74, 6) is 0.613. The highest BCUT2D eigenvalue weighted by Gasteiger charge is 2.31. The van der Waals surface area contributed by atoms with Gasteiger partial charge in [-0.1, -0.05) is 12.1 Å². The average Bonchev–Trinajstić information content (AvgIpc) is 2.49. The van der Waals surface area contributed by atoms with Crippen LogP contribution in [0.15, 0.2) is 24.3 Å². The Labute approximate surface area is 131 Å². The molecule has 124 valence electrons. The highest BCUT2D eigenvalue weighted by molar-refractivity contribution is 7.87. The van der Waals surface area contributed by atoms with Gasteiger partial charge in [-0.15, -0.1) is 0 Å². The molecule has 0 aliphatic carbocycles. The SMILES string of the molecule is CN(C)S(=O)(=O)N[C@H]1CCOC[C@@H]1Oc1ccc(CO)cc1. The summed E-state index contributed by atoms with van der Waals surface area (Å²) < 4.78 is 38.9. The Kier molecular flexibility index (Phi) is 5.76. The topological polar surface area (TPSA) is 88.1 Å². The van der Waals surface area contributed by atoms with Gasteiger partial charge >= 0.3 is 0 Å². The Bertz CT molecular complexity index is 573. The van der Waals surface area contributed by atoms with Crippen LogP contribution in [0.1, 0.15) is 12.0 Å². The van der Waals surface area contributed by atoms with Crippen LogP contribution in [-0.2, 0) is 21.6 Å². The first-order chi connectivity index (χ1) is 10.4. The number of benzene rings is 1. The maximum Gasteiger partial charge on any atom is 0.279 e. The Morgan fingerprint density at radius 3 is 2.64 bits per heavy atom. The molecule has 2 rings (SSSR count). The monoisotopic (exact) mass is 330 g/mol. The number of nitrogens with zero attached hydrogens (tertiary/aromatic N) is 1. The Balaban J connectivity index is 2.06. The average molecular weight is 330 g/mol. The van der Waals surface area contributed by atoms with Gasteiger partial charge < -0.3 is 14.6 Å². The van der Waals surface area contributed by atoms with E-state index in [2.05, 4.69) is 4.72 Å². The van der Waals surface area contributed by atoms with Crippen LogP contribution in [0.25, 0.3) is 0 Å². The molecule has 1 aromatic rings. The molecule has 22 heavy (non-hydrogen) atoms. The van der Waals surface area contributed by atoms with Crippen molar-refractivity contribution in [3.05, 3.63) is 29.8 Å². The molecule has 1 aromatic carbocycles. The fourth-order valence-corrected chi connectivity index (χ4v) is 2.97. The normalized spacial score (nSPS) is 22.7. The number of aliphatic hydroxyl groups is 1. The van der Waals surface area contributed by atoms with Crippen molar-refractivity contribution in [1.82, 2.24) is 9.03 Å². The standard InChI is InChI=1S/C14H22N2O5S/c1-16(2)22(18,19)15-13-7-8-20-10-14(13)21-12-5-3-11(9-17)4-6-12/h3-6,13-15,17H,7-10H2,1-2H3/t13-,14-/m0/s1. The molecule has 2 N–H and O–H groups in total. The zero-order chi connectivity index (χ0) is 16.2. The van der Waals surface area contributed by atoms with Crippen molar-refractivity contribution in [2.45, 2.75) is 25.2 Å². The van der Waals surface area contributed by atoms with Gasteiger partial charge in [0.15, 0.2) is 0 Å². The number of aliphatic hydroxyl groups excluding tert-OH is 1. The van der Waals surface area contributed by atoms with Crippen LogP contribution in [0.5, 0.6) is 5.75 Å². The third-order valence-electron chi connectivity index (χ3n) is 3.48. The zero-order valence-electron chi connectivity index (χ0n) is 12.7. The van der Waals surface area contributed by atoms with E-state index in [0.717, 1.165) is 9.87 Å². The lowest BCUT2D eigenvalue weighted by molar-refractivity contribution is -0.00954. The molecule has 0 amide bonds. The fraction of sp³-hybridized carbons (Fsp3) is 0.571. The lowest BCUT2D eigenvalue weighted by Crippen LogP contribution is -2.53. The summed E-state index contributed by atoms with van der Waals surface area (Å²) in [4.78, 5) is 0. The molecular weight excluding hydrogens is 308 g/mol. The van der Waals surface area contributed by atoms with E-state index in [9.17, 15) is 8.42 Å². The lowest BCUT2D eigenvalue weighted by atomic mass is 10.1. The molecule has 0 bridgehead atoms. The van der Waals surface area contributed by atoms with Crippen molar-refractivity contribution in [3.8, 4) is 5.75 Å². The van der Waals surface area contributed by atoms with Crippen LogP contribution in [0, 0.1) is 0 Å². The van der Waals surface area contributed by atoms with E-state index in [0.29, 0.717) is 25.4 Å². The second-order valence-corrected chi connectivity index (χ2v) is 7.25. The van der Waals surface area contributed by atoms with E-state index >= 15 is 0 Å². The molecular formula is C14H22N2O5S. The van der Waals surface area contributed by atoms with Crippen molar-refractivity contribution >= 4 is 10.2 Å². The maximum absolute atomic E-state index is 12.0. The van der Waals surface area contributed by atoms with Crippen molar-refractivity contribution in [2.75, 3.05) is 27.3 Å². The minimum atomic E-state index is -3.52. The zero-order valence-corrected chi connectivity index (χ0v) is 13.5. The van der Waals surface area contributed by atoms with Crippen molar-refractivity contribution in [3.63, 3.8) is 0 Å². The van der Waals surface area contributed by atoms with E-state index in [-0.39, 0.29) is 12.6 Å². The molecule has 2 atom stereocenters. The third kappa shape index (κ3) is 4.40. The summed E-state index contributed by atoms with van der Waals surface area (Å²) in [7, 11) is -0.564. The molecule has 0 spiro atoms. The second-order valence-electron chi connectivity index (χ2n) is 5.33. The molecule has 1 aliphatic rings. The van der Waals surface area contributed by atoms with E-state index in [1.807, 2.05) is 0 Å². The molecule has 8 heteroatoms. The molecule has 7 nitrogen and oxygen atoms in total. The van der Waals surface area contributed by atoms with Crippen LogP contribution in [0.2, 0.25) is 0 Å². The van der Waals surface area contributed by atoms with Gasteiger partial charge in [0.2, 0.25) is 0 Å². The molecule has 1 fully saturated rings. The van der Waals surface area contributed by atoms with Gasteiger partial charge in [-0.05, 0) is 24.1 Å². The number of hydrogen-bond donors (Lipinski definition) is 2. The highest BCUT2D eigenvalue weighted by Crippen LogP contribution is 2.19. The second kappa shape index (κ2) is 7.38. The van der Waals surface area contributed by atoms with Gasteiger partial charge in [0.1, 0.15) is 11.9 Å². The third-order valence-corrected chi connectivity index (χ3v) is 5.04. The van der Waals surface area contributed by atoms with Crippen molar-refractivity contribution in [2.24, 2.45) is 0 Å². The first kappa shape index (κ1) is 17.2. The van der Waals surface area contributed by atoms with Gasteiger partial charge in [-0.25, -0.2) is 0 Å². The highest BCUT2D eigenvalue weighted by atomic mass is 32.2. The van der Waals surface area contributed by atoms with Crippen LogP contribution in [0.3, 0.4) is 0 Å². The summed E-state index contributed by atoms with van der Waals surface area (Å²) in [6.45, 7) is 0.782. The van der Waals surface area contributed by atoms with Gasteiger partial charge in [-0.3, -0.25) is 0 Å².